The van der Waals surface area contributed by atoms with Crippen LogP contribution in [0.2, 0.25) is 5.15 Å². The van der Waals surface area contributed by atoms with Gasteiger partial charge >= 0.3 is 0 Å². The summed E-state index contributed by atoms with van der Waals surface area (Å²) < 4.78 is 30.4. The summed E-state index contributed by atoms with van der Waals surface area (Å²) in [5, 5.41) is 8.47. The average molecular weight is 434 g/mol. The zero-order valence-electron chi connectivity index (χ0n) is 17.1. The number of pyridine rings is 1. The van der Waals surface area contributed by atoms with Crippen LogP contribution in [0.5, 0.6) is 0 Å². The lowest BCUT2D eigenvalue weighted by Crippen LogP contribution is -2.16. The Kier molecular flexibility index (Phi) is 5.69. The van der Waals surface area contributed by atoms with Crippen LogP contribution >= 0.6 is 11.6 Å². The Morgan fingerprint density at radius 1 is 1.07 bits per heavy atom. The Morgan fingerprint density at radius 2 is 1.72 bits per heavy atom. The molecule has 2 aromatic heterocycles. The van der Waals surface area contributed by atoms with Gasteiger partial charge in [-0.05, 0) is 49.1 Å². The monoisotopic (exact) mass is 433 g/mol. The molecule has 0 saturated heterocycles. The number of aryl methyl sites for hydroxylation is 1. The van der Waals surface area contributed by atoms with E-state index in [4.69, 9.17) is 11.6 Å². The molecule has 0 atom stereocenters. The predicted octanol–water partition coefficient (Wildman–Crippen LogP) is 4.42. The van der Waals surface area contributed by atoms with Crippen molar-refractivity contribution in [1.82, 2.24) is 19.7 Å². The number of hydrogen-bond donors (Lipinski definition) is 1. The second kappa shape index (κ2) is 7.76. The fourth-order valence-electron chi connectivity index (χ4n) is 2.96. The Balaban J connectivity index is 2.02. The first-order chi connectivity index (χ1) is 13.5. The largest absolute Gasteiger partial charge is 0.310 e. The lowest BCUT2D eigenvalue weighted by atomic mass is 9.87. The van der Waals surface area contributed by atoms with E-state index < -0.39 is 10.0 Å². The van der Waals surface area contributed by atoms with E-state index in [9.17, 15) is 8.42 Å². The third-order valence-corrected chi connectivity index (χ3v) is 6.19. The minimum atomic E-state index is -3.82. The SMILES string of the molecule is CCn1c(C)nnc1-c1nc(Cl)ccc1NS(=O)(=O)c1ccc(C(C)(C)C)cc1. The molecule has 0 bridgehead atoms. The van der Waals surface area contributed by atoms with Gasteiger partial charge in [-0.15, -0.1) is 10.2 Å². The van der Waals surface area contributed by atoms with Crippen LogP contribution in [-0.4, -0.2) is 28.2 Å². The van der Waals surface area contributed by atoms with E-state index in [0.717, 1.165) is 5.56 Å². The molecule has 2 heterocycles. The van der Waals surface area contributed by atoms with Crippen LogP contribution in [0.25, 0.3) is 11.5 Å². The van der Waals surface area contributed by atoms with Crippen LogP contribution in [0.4, 0.5) is 5.69 Å². The van der Waals surface area contributed by atoms with E-state index >= 15 is 0 Å². The minimum Gasteiger partial charge on any atom is -0.310 e. The molecule has 9 heteroatoms. The molecule has 1 N–H and O–H groups in total. The van der Waals surface area contributed by atoms with Gasteiger partial charge in [0.2, 0.25) is 0 Å². The number of benzene rings is 1. The third kappa shape index (κ3) is 4.43. The zero-order chi connectivity index (χ0) is 21.4. The van der Waals surface area contributed by atoms with Crippen molar-refractivity contribution in [3.63, 3.8) is 0 Å². The molecular weight excluding hydrogens is 410 g/mol. The topological polar surface area (TPSA) is 89.8 Å². The van der Waals surface area contributed by atoms with Crippen molar-refractivity contribution in [1.29, 1.82) is 0 Å². The highest BCUT2D eigenvalue weighted by Gasteiger charge is 2.22. The molecule has 0 aliphatic rings. The molecule has 0 spiro atoms. The Labute approximate surface area is 176 Å². The van der Waals surface area contributed by atoms with Crippen molar-refractivity contribution in [3.8, 4) is 11.5 Å². The minimum absolute atomic E-state index is 0.0644. The molecule has 0 fully saturated rings. The molecular formula is C20H24ClN5O2S. The van der Waals surface area contributed by atoms with Gasteiger partial charge in [0.15, 0.2) is 5.82 Å². The Hall–Kier alpha value is -2.45. The molecule has 0 saturated carbocycles. The number of nitrogens with one attached hydrogen (secondary N) is 1. The van der Waals surface area contributed by atoms with E-state index in [1.54, 1.807) is 18.2 Å². The summed E-state index contributed by atoms with van der Waals surface area (Å²) in [5.41, 5.74) is 1.61. The maximum absolute atomic E-state index is 13.0. The fourth-order valence-corrected chi connectivity index (χ4v) is 4.17. The molecule has 3 aromatic rings. The van der Waals surface area contributed by atoms with Gasteiger partial charge in [-0.1, -0.05) is 44.5 Å². The molecule has 0 aliphatic heterocycles. The maximum Gasteiger partial charge on any atom is 0.261 e. The summed E-state index contributed by atoms with van der Waals surface area (Å²) in [6, 6.07) is 9.97. The molecule has 0 unspecified atom stereocenters. The van der Waals surface area contributed by atoms with E-state index in [0.29, 0.717) is 23.9 Å². The van der Waals surface area contributed by atoms with Crippen LogP contribution < -0.4 is 4.72 Å². The van der Waals surface area contributed by atoms with Crippen LogP contribution in [-0.2, 0) is 22.0 Å². The lowest BCUT2D eigenvalue weighted by Gasteiger charge is -2.19. The third-order valence-electron chi connectivity index (χ3n) is 4.60. The normalized spacial score (nSPS) is 12.2. The summed E-state index contributed by atoms with van der Waals surface area (Å²) in [6.07, 6.45) is 0. The van der Waals surface area contributed by atoms with Gasteiger partial charge in [0.1, 0.15) is 16.7 Å². The van der Waals surface area contributed by atoms with Crippen molar-refractivity contribution in [2.45, 2.75) is 51.5 Å². The second-order valence-corrected chi connectivity index (χ2v) is 9.79. The number of rotatable bonds is 5. The van der Waals surface area contributed by atoms with Crippen LogP contribution in [0, 0.1) is 6.92 Å². The first-order valence-corrected chi connectivity index (χ1v) is 11.1. The van der Waals surface area contributed by atoms with E-state index in [-0.39, 0.29) is 21.2 Å². The predicted molar refractivity (Wildman–Crippen MR) is 115 cm³/mol. The average Bonchev–Trinajstić information content (AvgIpc) is 3.03. The second-order valence-electron chi connectivity index (χ2n) is 7.73. The molecule has 154 valence electrons. The van der Waals surface area contributed by atoms with Gasteiger partial charge < -0.3 is 4.57 Å². The van der Waals surface area contributed by atoms with Crippen molar-refractivity contribution >= 4 is 27.3 Å². The molecule has 3 rings (SSSR count). The first kappa shape index (κ1) is 21.3. The summed E-state index contributed by atoms with van der Waals surface area (Å²) in [4.78, 5) is 4.47. The highest BCUT2D eigenvalue weighted by Crippen LogP contribution is 2.30. The van der Waals surface area contributed by atoms with E-state index in [1.165, 1.54) is 6.07 Å². The summed E-state index contributed by atoms with van der Waals surface area (Å²) in [6.45, 7) is 10.6. The number of nitrogens with zero attached hydrogens (tertiary/aromatic N) is 4. The van der Waals surface area contributed by atoms with Gasteiger partial charge in [0.05, 0.1) is 10.6 Å². The molecule has 0 amide bonds. The number of hydrogen-bond acceptors (Lipinski definition) is 5. The number of halogens is 1. The number of sulfonamides is 1. The summed E-state index contributed by atoms with van der Waals surface area (Å²) >= 11 is 6.07. The standard InChI is InChI=1S/C20H24ClN5O2S/c1-6-26-13(2)23-24-19(26)18-16(11-12-17(21)22-18)25-29(27,28)15-9-7-14(8-10-15)20(3,4)5/h7-12,25H,6H2,1-5H3. The molecule has 0 aliphatic carbocycles. The van der Waals surface area contributed by atoms with Crippen LogP contribution in [0.15, 0.2) is 41.3 Å². The maximum atomic E-state index is 13.0. The summed E-state index contributed by atoms with van der Waals surface area (Å²) in [5.74, 6) is 1.16. The highest BCUT2D eigenvalue weighted by atomic mass is 35.5. The van der Waals surface area contributed by atoms with Crippen molar-refractivity contribution in [2.24, 2.45) is 0 Å². The first-order valence-electron chi connectivity index (χ1n) is 9.23. The van der Waals surface area contributed by atoms with Gasteiger partial charge in [-0.25, -0.2) is 13.4 Å². The van der Waals surface area contributed by atoms with Crippen molar-refractivity contribution in [3.05, 3.63) is 52.9 Å². The van der Waals surface area contributed by atoms with Crippen LogP contribution in [0.1, 0.15) is 39.1 Å². The van der Waals surface area contributed by atoms with Crippen molar-refractivity contribution < 1.29 is 8.42 Å². The highest BCUT2D eigenvalue weighted by molar-refractivity contribution is 7.92. The Bertz CT molecular complexity index is 1130. The number of aromatic nitrogens is 4. The van der Waals surface area contributed by atoms with E-state index in [1.807, 2.05) is 30.5 Å². The number of anilines is 1. The van der Waals surface area contributed by atoms with Crippen molar-refractivity contribution in [2.75, 3.05) is 4.72 Å². The van der Waals surface area contributed by atoms with Gasteiger partial charge in [-0.3, -0.25) is 4.72 Å². The fraction of sp³-hybridized carbons (Fsp3) is 0.350. The van der Waals surface area contributed by atoms with Gasteiger partial charge in [0.25, 0.3) is 10.0 Å². The molecule has 7 nitrogen and oxygen atoms in total. The zero-order valence-corrected chi connectivity index (χ0v) is 18.6. The molecule has 0 radical (unpaired) electrons. The summed E-state index contributed by atoms with van der Waals surface area (Å²) in [7, 11) is -3.82. The molecule has 29 heavy (non-hydrogen) atoms. The smallest absolute Gasteiger partial charge is 0.261 e. The van der Waals surface area contributed by atoms with Gasteiger partial charge in [0, 0.05) is 6.54 Å². The Morgan fingerprint density at radius 3 is 2.31 bits per heavy atom. The van der Waals surface area contributed by atoms with Crippen LogP contribution in [0.3, 0.4) is 0 Å². The lowest BCUT2D eigenvalue weighted by molar-refractivity contribution is 0.587. The molecule has 1 aromatic carbocycles. The quantitative estimate of drug-likeness (QED) is 0.601. The van der Waals surface area contributed by atoms with E-state index in [2.05, 4.69) is 40.7 Å². The van der Waals surface area contributed by atoms with Gasteiger partial charge in [-0.2, -0.15) is 0 Å².